The van der Waals surface area contributed by atoms with Crippen molar-refractivity contribution < 1.29 is 19.1 Å². The molecule has 0 spiro atoms. The lowest BCUT2D eigenvalue weighted by molar-refractivity contribution is -0.138. The van der Waals surface area contributed by atoms with Crippen LogP contribution in [0.15, 0.2) is 24.5 Å². The Bertz CT molecular complexity index is 637. The number of likely N-dealkylation sites (tertiary alicyclic amines) is 1. The molecule has 2 aliphatic rings. The smallest absolute Gasteiger partial charge is 0.224 e. The average Bonchev–Trinajstić information content (AvgIpc) is 2.76. The quantitative estimate of drug-likeness (QED) is 0.584. The van der Waals surface area contributed by atoms with Gasteiger partial charge in [-0.05, 0) is 31.4 Å². The van der Waals surface area contributed by atoms with Gasteiger partial charge in [0, 0.05) is 51.9 Å². The number of aromatic nitrogens is 1. The first-order valence-electron chi connectivity index (χ1n) is 10.6. The molecular weight excluding hydrogens is 372 g/mol. The summed E-state index contributed by atoms with van der Waals surface area (Å²) in [5, 5.41) is 2.99. The first-order valence-corrected chi connectivity index (χ1v) is 10.6. The molecule has 1 aromatic rings. The van der Waals surface area contributed by atoms with Gasteiger partial charge in [0.15, 0.2) is 0 Å². The summed E-state index contributed by atoms with van der Waals surface area (Å²) >= 11 is 0. The number of rotatable bonds is 10. The van der Waals surface area contributed by atoms with E-state index in [2.05, 4.69) is 15.2 Å². The summed E-state index contributed by atoms with van der Waals surface area (Å²) in [7, 11) is 0. The summed E-state index contributed by atoms with van der Waals surface area (Å²) in [5.74, 6) is 0.825. The van der Waals surface area contributed by atoms with Crippen molar-refractivity contribution in [1.29, 1.82) is 0 Å². The third-order valence-electron chi connectivity index (χ3n) is 5.40. The predicted molar refractivity (Wildman–Crippen MR) is 109 cm³/mol. The van der Waals surface area contributed by atoms with Gasteiger partial charge in [0.05, 0.1) is 31.9 Å². The van der Waals surface area contributed by atoms with Crippen LogP contribution in [0.3, 0.4) is 0 Å². The number of nitrogens with zero attached hydrogens (tertiary/aromatic N) is 3. The van der Waals surface area contributed by atoms with Gasteiger partial charge in [-0.25, -0.2) is 0 Å². The summed E-state index contributed by atoms with van der Waals surface area (Å²) in [6.45, 7) is 6.83. The molecule has 0 unspecified atom stereocenters. The van der Waals surface area contributed by atoms with Gasteiger partial charge in [-0.15, -0.1) is 0 Å². The molecule has 0 aliphatic carbocycles. The van der Waals surface area contributed by atoms with E-state index in [9.17, 15) is 9.59 Å². The van der Waals surface area contributed by atoms with Crippen LogP contribution in [0.5, 0.6) is 5.75 Å². The van der Waals surface area contributed by atoms with Crippen LogP contribution in [0.2, 0.25) is 0 Å². The fraction of sp³-hybridized carbons (Fsp3) is 0.667. The highest BCUT2D eigenvalue weighted by Gasteiger charge is 2.29. The zero-order valence-corrected chi connectivity index (χ0v) is 17.1. The number of carbonyl (C=O) groups excluding carboxylic acids is 2. The van der Waals surface area contributed by atoms with Crippen LogP contribution in [0, 0.1) is 5.92 Å². The monoisotopic (exact) mass is 404 g/mol. The summed E-state index contributed by atoms with van der Waals surface area (Å²) < 4.78 is 10.9. The maximum atomic E-state index is 12.5. The Morgan fingerprint density at radius 2 is 2.14 bits per heavy atom. The van der Waals surface area contributed by atoms with Crippen LogP contribution < -0.4 is 10.1 Å². The minimum absolute atomic E-state index is 0.0389. The number of piperidine rings is 1. The number of morpholine rings is 1. The van der Waals surface area contributed by atoms with E-state index in [1.54, 1.807) is 12.4 Å². The molecule has 2 amide bonds. The van der Waals surface area contributed by atoms with Crippen LogP contribution in [0.4, 0.5) is 0 Å². The Morgan fingerprint density at radius 1 is 1.28 bits per heavy atom. The number of pyridine rings is 1. The van der Waals surface area contributed by atoms with Crippen LogP contribution in [-0.4, -0.2) is 85.7 Å². The van der Waals surface area contributed by atoms with E-state index in [-0.39, 0.29) is 17.7 Å². The van der Waals surface area contributed by atoms with Crippen LogP contribution in [-0.2, 0) is 14.3 Å². The first-order chi connectivity index (χ1) is 14.2. The van der Waals surface area contributed by atoms with Gasteiger partial charge in [0.2, 0.25) is 11.8 Å². The van der Waals surface area contributed by atoms with Crippen LogP contribution >= 0.6 is 0 Å². The second-order valence-electron chi connectivity index (χ2n) is 7.56. The molecule has 1 N–H and O–H groups in total. The average molecular weight is 405 g/mol. The Kier molecular flexibility index (Phi) is 8.70. The largest absolute Gasteiger partial charge is 0.492 e. The van der Waals surface area contributed by atoms with E-state index in [4.69, 9.17) is 9.47 Å². The maximum absolute atomic E-state index is 12.5. The normalized spacial score (nSPS) is 20.5. The van der Waals surface area contributed by atoms with Crippen molar-refractivity contribution in [3.05, 3.63) is 24.5 Å². The Labute approximate surface area is 172 Å². The minimum atomic E-state index is -0.115. The molecule has 2 fully saturated rings. The van der Waals surface area contributed by atoms with Gasteiger partial charge >= 0.3 is 0 Å². The Morgan fingerprint density at radius 3 is 2.93 bits per heavy atom. The highest BCUT2D eigenvalue weighted by Crippen LogP contribution is 2.18. The zero-order chi connectivity index (χ0) is 20.3. The Balaban J connectivity index is 1.30. The van der Waals surface area contributed by atoms with Crippen molar-refractivity contribution in [3.8, 4) is 5.75 Å². The summed E-state index contributed by atoms with van der Waals surface area (Å²) in [4.78, 5) is 32.9. The third kappa shape index (κ3) is 7.29. The molecule has 2 aliphatic heterocycles. The number of amides is 2. The van der Waals surface area contributed by atoms with Gasteiger partial charge in [0.1, 0.15) is 5.75 Å². The lowest BCUT2D eigenvalue weighted by Gasteiger charge is -2.33. The van der Waals surface area contributed by atoms with Crippen molar-refractivity contribution in [2.45, 2.75) is 25.7 Å². The number of carbonyl (C=O) groups is 2. The molecule has 3 rings (SSSR count). The van der Waals surface area contributed by atoms with E-state index < -0.39 is 0 Å². The highest BCUT2D eigenvalue weighted by molar-refractivity contribution is 5.83. The molecule has 8 heteroatoms. The molecule has 3 heterocycles. The zero-order valence-electron chi connectivity index (χ0n) is 17.1. The fourth-order valence-corrected chi connectivity index (χ4v) is 3.71. The van der Waals surface area contributed by atoms with Crippen molar-refractivity contribution in [2.75, 3.05) is 59.1 Å². The van der Waals surface area contributed by atoms with Crippen molar-refractivity contribution in [3.63, 3.8) is 0 Å². The number of hydrogen-bond donors (Lipinski definition) is 1. The molecular formula is C21H32N4O4. The predicted octanol–water partition coefficient (Wildman–Crippen LogP) is 0.928. The molecule has 0 bridgehead atoms. The first kappa shape index (κ1) is 21.5. The van der Waals surface area contributed by atoms with Crippen molar-refractivity contribution >= 4 is 11.8 Å². The van der Waals surface area contributed by atoms with Crippen LogP contribution in [0.25, 0.3) is 0 Å². The van der Waals surface area contributed by atoms with Gasteiger partial charge in [0.25, 0.3) is 0 Å². The molecule has 2 saturated heterocycles. The van der Waals surface area contributed by atoms with E-state index in [0.717, 1.165) is 58.0 Å². The van der Waals surface area contributed by atoms with E-state index in [1.807, 2.05) is 17.0 Å². The van der Waals surface area contributed by atoms with E-state index in [1.165, 1.54) is 0 Å². The van der Waals surface area contributed by atoms with Gasteiger partial charge in [-0.3, -0.25) is 19.5 Å². The Hall–Kier alpha value is -2.19. The summed E-state index contributed by atoms with van der Waals surface area (Å²) in [6.07, 6.45) is 6.14. The molecule has 0 aromatic carbocycles. The maximum Gasteiger partial charge on any atom is 0.224 e. The second-order valence-corrected chi connectivity index (χ2v) is 7.56. The second kappa shape index (κ2) is 11.7. The van der Waals surface area contributed by atoms with E-state index in [0.29, 0.717) is 32.5 Å². The van der Waals surface area contributed by atoms with Crippen molar-refractivity contribution in [2.24, 2.45) is 5.92 Å². The molecule has 0 radical (unpaired) electrons. The molecule has 0 saturated carbocycles. The lowest BCUT2D eigenvalue weighted by atomic mass is 9.96. The molecule has 1 aromatic heterocycles. The third-order valence-corrected chi connectivity index (χ3v) is 5.40. The van der Waals surface area contributed by atoms with Crippen molar-refractivity contribution in [1.82, 2.24) is 20.1 Å². The fourth-order valence-electron chi connectivity index (χ4n) is 3.71. The van der Waals surface area contributed by atoms with Gasteiger partial charge < -0.3 is 19.7 Å². The van der Waals surface area contributed by atoms with E-state index >= 15 is 0 Å². The summed E-state index contributed by atoms with van der Waals surface area (Å²) in [6, 6.07) is 3.69. The molecule has 29 heavy (non-hydrogen) atoms. The topological polar surface area (TPSA) is 84.0 Å². The number of ether oxygens (including phenoxy) is 2. The standard InChI is InChI=1S/C21H32N4O4/c26-20-6-5-18(17-25(20)10-3-9-24-11-14-28-15-12-24)21(27)23-8-2-13-29-19-4-1-7-22-16-19/h1,4,7,16,18H,2-3,5-6,8-15,17H2,(H,23,27)/t18-/m0/s1. The number of nitrogens with one attached hydrogen (secondary N) is 1. The molecule has 8 nitrogen and oxygen atoms in total. The van der Waals surface area contributed by atoms with Crippen LogP contribution in [0.1, 0.15) is 25.7 Å². The van der Waals surface area contributed by atoms with Gasteiger partial charge in [-0.2, -0.15) is 0 Å². The lowest BCUT2D eigenvalue weighted by Crippen LogP contribution is -2.47. The van der Waals surface area contributed by atoms with Gasteiger partial charge in [-0.1, -0.05) is 0 Å². The molecule has 1 atom stereocenters. The SMILES string of the molecule is O=C(NCCCOc1cccnc1)[C@H]1CCC(=O)N(CCCN2CCOCC2)C1. The summed E-state index contributed by atoms with van der Waals surface area (Å²) in [5.41, 5.74) is 0. The minimum Gasteiger partial charge on any atom is -0.492 e. The number of hydrogen-bond acceptors (Lipinski definition) is 6. The highest BCUT2D eigenvalue weighted by atomic mass is 16.5. The molecule has 160 valence electrons.